The van der Waals surface area contributed by atoms with E-state index < -0.39 is 8.07 Å². The van der Waals surface area contributed by atoms with E-state index in [4.69, 9.17) is 0 Å². The zero-order chi connectivity index (χ0) is 9.90. The number of hydrogen-bond acceptors (Lipinski definition) is 1. The highest BCUT2D eigenvalue weighted by Gasteiger charge is 2.37. The fraction of sp³-hybridized carbons (Fsp3) is 0.909. The molecule has 2 heteroatoms. The summed E-state index contributed by atoms with van der Waals surface area (Å²) in [6.07, 6.45) is 1.31. The summed E-state index contributed by atoms with van der Waals surface area (Å²) in [4.78, 5) is 4.58. The third kappa shape index (κ3) is 2.04. The quantitative estimate of drug-likeness (QED) is 0.609. The smallest absolute Gasteiger partial charge is 0.0582 e. The van der Waals surface area contributed by atoms with E-state index in [9.17, 15) is 0 Å². The van der Waals surface area contributed by atoms with E-state index >= 15 is 0 Å². The van der Waals surface area contributed by atoms with Gasteiger partial charge in [-0.05, 0) is 18.9 Å². The normalized spacial score (nSPS) is 23.4. The SMILES string of the molecule is CC[Si](CC)(CC)C1CN=C(C)C1. The average molecular weight is 197 g/mol. The Morgan fingerprint density at radius 1 is 1.23 bits per heavy atom. The maximum atomic E-state index is 4.58. The molecule has 0 aromatic carbocycles. The Bertz CT molecular complexity index is 186. The van der Waals surface area contributed by atoms with E-state index in [1.54, 1.807) is 0 Å². The molecule has 0 aliphatic carbocycles. The largest absolute Gasteiger partial charge is 0.294 e. The lowest BCUT2D eigenvalue weighted by Crippen LogP contribution is -2.38. The molecule has 1 atom stereocenters. The van der Waals surface area contributed by atoms with Crippen LogP contribution in [0, 0.1) is 0 Å². The van der Waals surface area contributed by atoms with E-state index in [1.807, 2.05) is 0 Å². The first-order chi connectivity index (χ1) is 6.18. The van der Waals surface area contributed by atoms with Gasteiger partial charge in [-0.3, -0.25) is 4.99 Å². The van der Waals surface area contributed by atoms with Crippen LogP contribution >= 0.6 is 0 Å². The molecule has 1 rings (SSSR count). The van der Waals surface area contributed by atoms with Crippen LogP contribution in [0.2, 0.25) is 23.7 Å². The summed E-state index contributed by atoms with van der Waals surface area (Å²) >= 11 is 0. The third-order valence-electron chi connectivity index (χ3n) is 4.10. The lowest BCUT2D eigenvalue weighted by Gasteiger charge is -2.34. The van der Waals surface area contributed by atoms with Crippen molar-refractivity contribution in [3.05, 3.63) is 0 Å². The van der Waals surface area contributed by atoms with E-state index in [0.717, 1.165) is 12.1 Å². The van der Waals surface area contributed by atoms with Gasteiger partial charge in [-0.2, -0.15) is 0 Å². The Balaban J connectivity index is 2.67. The number of aliphatic imine (C=N–C) groups is 1. The summed E-state index contributed by atoms with van der Waals surface area (Å²) in [5, 5.41) is 0. The molecular formula is C11H23NSi. The van der Waals surface area contributed by atoms with Crippen molar-refractivity contribution in [1.29, 1.82) is 0 Å². The summed E-state index contributed by atoms with van der Waals surface area (Å²) in [5.74, 6) is 0. The van der Waals surface area contributed by atoms with Gasteiger partial charge in [0.15, 0.2) is 0 Å². The lowest BCUT2D eigenvalue weighted by molar-refractivity contribution is 0.859. The second kappa shape index (κ2) is 4.40. The van der Waals surface area contributed by atoms with Gasteiger partial charge < -0.3 is 0 Å². The predicted octanol–water partition coefficient (Wildman–Crippen LogP) is 3.73. The number of rotatable bonds is 4. The molecule has 0 spiro atoms. The molecule has 1 unspecified atom stereocenters. The molecule has 13 heavy (non-hydrogen) atoms. The van der Waals surface area contributed by atoms with E-state index in [2.05, 4.69) is 32.7 Å². The molecule has 0 bridgehead atoms. The zero-order valence-corrected chi connectivity index (χ0v) is 10.6. The first-order valence-corrected chi connectivity index (χ1v) is 8.38. The summed E-state index contributed by atoms with van der Waals surface area (Å²) < 4.78 is 0. The van der Waals surface area contributed by atoms with Crippen LogP contribution < -0.4 is 0 Å². The Morgan fingerprint density at radius 3 is 2.08 bits per heavy atom. The highest BCUT2D eigenvalue weighted by Crippen LogP contribution is 2.38. The van der Waals surface area contributed by atoms with Gasteiger partial charge in [0.25, 0.3) is 0 Å². The Labute approximate surface area is 83.7 Å². The maximum Gasteiger partial charge on any atom is 0.0582 e. The minimum Gasteiger partial charge on any atom is -0.294 e. The summed E-state index contributed by atoms with van der Waals surface area (Å²) in [6, 6.07) is 4.36. The van der Waals surface area contributed by atoms with Crippen molar-refractivity contribution in [3.63, 3.8) is 0 Å². The monoisotopic (exact) mass is 197 g/mol. The van der Waals surface area contributed by atoms with Crippen molar-refractivity contribution < 1.29 is 0 Å². The van der Waals surface area contributed by atoms with Crippen LogP contribution in [0.4, 0.5) is 0 Å². The van der Waals surface area contributed by atoms with Crippen LogP contribution in [0.3, 0.4) is 0 Å². The molecular weight excluding hydrogens is 174 g/mol. The minimum atomic E-state index is -0.941. The molecule has 0 radical (unpaired) electrons. The highest BCUT2D eigenvalue weighted by atomic mass is 28.3. The topological polar surface area (TPSA) is 12.4 Å². The van der Waals surface area contributed by atoms with Crippen LogP contribution in [0.5, 0.6) is 0 Å². The van der Waals surface area contributed by atoms with Gasteiger partial charge in [-0.1, -0.05) is 38.9 Å². The van der Waals surface area contributed by atoms with Gasteiger partial charge in [0.05, 0.1) is 8.07 Å². The lowest BCUT2D eigenvalue weighted by atomic mass is 10.3. The first kappa shape index (κ1) is 11.0. The second-order valence-corrected chi connectivity index (χ2v) is 10.1. The highest BCUT2D eigenvalue weighted by molar-refractivity contribution is 6.81. The molecule has 0 aromatic rings. The number of nitrogens with zero attached hydrogens (tertiary/aromatic N) is 1. The predicted molar refractivity (Wildman–Crippen MR) is 63.5 cm³/mol. The molecule has 1 aliphatic heterocycles. The summed E-state index contributed by atoms with van der Waals surface area (Å²) in [7, 11) is -0.941. The van der Waals surface area contributed by atoms with E-state index in [1.165, 1.54) is 30.3 Å². The van der Waals surface area contributed by atoms with Crippen LogP contribution in [0.15, 0.2) is 4.99 Å². The van der Waals surface area contributed by atoms with E-state index in [0.29, 0.717) is 0 Å². The first-order valence-electron chi connectivity index (χ1n) is 5.68. The molecule has 0 saturated carbocycles. The van der Waals surface area contributed by atoms with Crippen molar-refractivity contribution >= 4 is 13.8 Å². The van der Waals surface area contributed by atoms with Gasteiger partial charge in [-0.25, -0.2) is 0 Å². The van der Waals surface area contributed by atoms with Gasteiger partial charge in [0.2, 0.25) is 0 Å². The third-order valence-corrected chi connectivity index (χ3v) is 10.4. The average Bonchev–Trinajstić information content (AvgIpc) is 2.57. The second-order valence-electron chi connectivity index (χ2n) is 4.40. The van der Waals surface area contributed by atoms with E-state index in [-0.39, 0.29) is 0 Å². The molecule has 1 nitrogen and oxygen atoms in total. The van der Waals surface area contributed by atoms with Crippen molar-refractivity contribution in [2.45, 2.75) is 57.8 Å². The van der Waals surface area contributed by atoms with Gasteiger partial charge in [-0.15, -0.1) is 0 Å². The van der Waals surface area contributed by atoms with Crippen molar-refractivity contribution in [2.75, 3.05) is 6.54 Å². The summed E-state index contributed by atoms with van der Waals surface area (Å²) in [6.45, 7) is 10.5. The van der Waals surface area contributed by atoms with Gasteiger partial charge >= 0.3 is 0 Å². The van der Waals surface area contributed by atoms with Crippen molar-refractivity contribution in [2.24, 2.45) is 4.99 Å². The Morgan fingerprint density at radius 2 is 1.77 bits per heavy atom. The van der Waals surface area contributed by atoms with Gasteiger partial charge in [0.1, 0.15) is 0 Å². The molecule has 0 N–H and O–H groups in total. The fourth-order valence-corrected chi connectivity index (χ4v) is 7.22. The van der Waals surface area contributed by atoms with Crippen molar-refractivity contribution in [1.82, 2.24) is 0 Å². The van der Waals surface area contributed by atoms with Crippen LogP contribution in [0.25, 0.3) is 0 Å². The molecule has 0 saturated heterocycles. The number of hydrogen-bond donors (Lipinski definition) is 0. The van der Waals surface area contributed by atoms with Crippen LogP contribution in [-0.2, 0) is 0 Å². The molecule has 1 heterocycles. The summed E-state index contributed by atoms with van der Waals surface area (Å²) in [5.41, 5.74) is 2.37. The Kier molecular flexibility index (Phi) is 3.71. The fourth-order valence-electron chi connectivity index (χ4n) is 2.78. The van der Waals surface area contributed by atoms with Gasteiger partial charge in [0, 0.05) is 12.3 Å². The standard InChI is InChI=1S/C11H23NSi/c1-5-13(6-2,7-3)11-8-10(4)12-9-11/h11H,5-9H2,1-4H3. The van der Waals surface area contributed by atoms with Crippen LogP contribution in [-0.4, -0.2) is 20.3 Å². The molecule has 0 amide bonds. The van der Waals surface area contributed by atoms with Crippen LogP contribution in [0.1, 0.15) is 34.1 Å². The zero-order valence-electron chi connectivity index (χ0n) is 9.56. The van der Waals surface area contributed by atoms with Crippen molar-refractivity contribution in [3.8, 4) is 0 Å². The minimum absolute atomic E-state index is 0.941. The molecule has 0 aromatic heterocycles. The Hall–Kier alpha value is -0.113. The molecule has 0 fully saturated rings. The maximum absolute atomic E-state index is 4.58. The molecule has 1 aliphatic rings. The molecule has 76 valence electrons.